The first kappa shape index (κ1) is 19.8. The first-order valence-corrected chi connectivity index (χ1v) is 10.4. The molecule has 0 radical (unpaired) electrons. The molecule has 0 unspecified atom stereocenters. The fourth-order valence-electron chi connectivity index (χ4n) is 5.19. The van der Waals surface area contributed by atoms with Crippen LogP contribution in [0.15, 0.2) is 54.6 Å². The standard InChI is InChI=1S/C24H31N3O2/c1-26(2)24(20-8-5-4-6-9-20)15-7-14-23(17-24)18-27(22(28)25-23)16-19-10-12-21(29-3)13-11-19/h4-6,8-13H,7,14-18H2,1-3H3,(H,25,28)/t23-,24+/m0/s1. The zero-order valence-corrected chi connectivity index (χ0v) is 17.6. The summed E-state index contributed by atoms with van der Waals surface area (Å²) in [5.74, 6) is 0.835. The molecule has 1 aliphatic heterocycles. The van der Waals surface area contributed by atoms with Crippen molar-refractivity contribution in [2.45, 2.75) is 43.3 Å². The molecule has 154 valence electrons. The predicted octanol–water partition coefficient (Wildman–Crippen LogP) is 3.99. The summed E-state index contributed by atoms with van der Waals surface area (Å²) in [6.45, 7) is 1.37. The maximum Gasteiger partial charge on any atom is 0.318 e. The van der Waals surface area contributed by atoms with Gasteiger partial charge in [0.15, 0.2) is 0 Å². The lowest BCUT2D eigenvalue weighted by molar-refractivity contribution is 0.0493. The molecule has 29 heavy (non-hydrogen) atoms. The third-order valence-electron chi connectivity index (χ3n) is 6.73. The number of carbonyl (C=O) groups is 1. The van der Waals surface area contributed by atoms with Gasteiger partial charge in [0.2, 0.25) is 0 Å². The van der Waals surface area contributed by atoms with Crippen LogP contribution in [0.5, 0.6) is 5.75 Å². The molecule has 2 atom stereocenters. The highest BCUT2D eigenvalue weighted by molar-refractivity contribution is 5.78. The highest BCUT2D eigenvalue weighted by Gasteiger charge is 2.52. The van der Waals surface area contributed by atoms with Gasteiger partial charge in [0.1, 0.15) is 5.75 Å². The van der Waals surface area contributed by atoms with E-state index in [1.165, 1.54) is 5.56 Å². The number of benzene rings is 2. The van der Waals surface area contributed by atoms with Gasteiger partial charge in [0.05, 0.1) is 12.6 Å². The van der Waals surface area contributed by atoms with E-state index >= 15 is 0 Å². The molecule has 2 fully saturated rings. The van der Waals surface area contributed by atoms with Crippen LogP contribution in [0, 0.1) is 0 Å². The molecule has 2 aromatic rings. The minimum absolute atomic E-state index is 0.0448. The summed E-state index contributed by atoms with van der Waals surface area (Å²) in [6.07, 6.45) is 4.17. The van der Waals surface area contributed by atoms with E-state index in [9.17, 15) is 4.79 Å². The van der Waals surface area contributed by atoms with Crippen LogP contribution in [-0.4, -0.2) is 49.1 Å². The van der Waals surface area contributed by atoms with E-state index in [1.807, 2.05) is 29.2 Å². The zero-order chi connectivity index (χ0) is 20.5. The number of nitrogens with zero attached hydrogens (tertiary/aromatic N) is 2. The Bertz CT molecular complexity index is 852. The van der Waals surface area contributed by atoms with E-state index in [0.29, 0.717) is 6.54 Å². The molecule has 1 heterocycles. The molecule has 5 nitrogen and oxygen atoms in total. The summed E-state index contributed by atoms with van der Waals surface area (Å²) in [4.78, 5) is 17.2. The normalized spacial score (nSPS) is 26.8. The Balaban J connectivity index is 1.55. The summed E-state index contributed by atoms with van der Waals surface area (Å²) < 4.78 is 5.24. The first-order valence-electron chi connectivity index (χ1n) is 10.4. The van der Waals surface area contributed by atoms with Gasteiger partial charge in [-0.2, -0.15) is 0 Å². The Hall–Kier alpha value is -2.53. The quantitative estimate of drug-likeness (QED) is 0.835. The van der Waals surface area contributed by atoms with Crippen LogP contribution in [0.1, 0.15) is 36.8 Å². The van der Waals surface area contributed by atoms with Crippen LogP contribution < -0.4 is 10.1 Å². The van der Waals surface area contributed by atoms with Crippen LogP contribution in [0.25, 0.3) is 0 Å². The summed E-state index contributed by atoms with van der Waals surface area (Å²) in [5, 5.41) is 3.38. The molecule has 1 spiro atoms. The topological polar surface area (TPSA) is 44.8 Å². The predicted molar refractivity (Wildman–Crippen MR) is 115 cm³/mol. The molecule has 1 saturated carbocycles. The van der Waals surface area contributed by atoms with E-state index in [4.69, 9.17) is 4.74 Å². The summed E-state index contributed by atoms with van der Waals surface area (Å²) in [7, 11) is 6.00. The maximum atomic E-state index is 12.9. The maximum absolute atomic E-state index is 12.9. The fraction of sp³-hybridized carbons (Fsp3) is 0.458. The van der Waals surface area contributed by atoms with Crippen LogP contribution in [0.4, 0.5) is 4.79 Å². The van der Waals surface area contributed by atoms with Crippen molar-refractivity contribution in [3.05, 3.63) is 65.7 Å². The molecule has 5 heteroatoms. The molecule has 0 aromatic heterocycles. The zero-order valence-electron chi connectivity index (χ0n) is 17.6. The molecular weight excluding hydrogens is 362 g/mol. The number of methoxy groups -OCH3 is 1. The largest absolute Gasteiger partial charge is 0.497 e. The highest BCUT2D eigenvalue weighted by Crippen LogP contribution is 2.46. The number of urea groups is 1. The minimum Gasteiger partial charge on any atom is -0.497 e. The van der Waals surface area contributed by atoms with Crippen molar-refractivity contribution in [1.82, 2.24) is 15.1 Å². The summed E-state index contributed by atoms with van der Waals surface area (Å²) in [6, 6.07) is 18.8. The van der Waals surface area contributed by atoms with E-state index in [0.717, 1.165) is 43.5 Å². The van der Waals surface area contributed by atoms with Gasteiger partial charge in [0.25, 0.3) is 0 Å². The Morgan fingerprint density at radius 2 is 1.79 bits per heavy atom. The number of ether oxygens (including phenoxy) is 1. The SMILES string of the molecule is COc1ccc(CN2C[C@@]3(CCC[C@@](c4ccccc4)(N(C)C)C3)NC2=O)cc1. The highest BCUT2D eigenvalue weighted by atomic mass is 16.5. The molecule has 1 aliphatic carbocycles. The Morgan fingerprint density at radius 3 is 2.45 bits per heavy atom. The van der Waals surface area contributed by atoms with Gasteiger partial charge < -0.3 is 15.0 Å². The third kappa shape index (κ3) is 3.71. The molecule has 1 N–H and O–H groups in total. The van der Waals surface area contributed by atoms with Crippen molar-refractivity contribution in [2.75, 3.05) is 27.7 Å². The Labute approximate surface area is 173 Å². The number of rotatable bonds is 5. The van der Waals surface area contributed by atoms with Gasteiger partial charge in [-0.05, 0) is 63.0 Å². The van der Waals surface area contributed by atoms with Gasteiger partial charge >= 0.3 is 6.03 Å². The van der Waals surface area contributed by atoms with Crippen LogP contribution in [0.3, 0.4) is 0 Å². The number of hydrogen-bond acceptors (Lipinski definition) is 3. The average molecular weight is 394 g/mol. The van der Waals surface area contributed by atoms with Crippen molar-refractivity contribution < 1.29 is 9.53 Å². The number of nitrogens with one attached hydrogen (secondary N) is 1. The Kier molecular flexibility index (Phi) is 5.26. The lowest BCUT2D eigenvalue weighted by Gasteiger charge is -2.50. The van der Waals surface area contributed by atoms with Crippen LogP contribution in [0.2, 0.25) is 0 Å². The van der Waals surface area contributed by atoms with E-state index in [1.54, 1.807) is 7.11 Å². The molecule has 4 rings (SSSR count). The summed E-state index contributed by atoms with van der Waals surface area (Å²) in [5.41, 5.74) is 2.23. The lowest BCUT2D eigenvalue weighted by Crippen LogP contribution is -2.56. The summed E-state index contributed by atoms with van der Waals surface area (Å²) >= 11 is 0. The van der Waals surface area contributed by atoms with Crippen molar-refractivity contribution in [2.24, 2.45) is 0 Å². The lowest BCUT2D eigenvalue weighted by atomic mass is 9.67. The van der Waals surface area contributed by atoms with Crippen molar-refractivity contribution in [3.8, 4) is 5.75 Å². The third-order valence-corrected chi connectivity index (χ3v) is 6.73. The second kappa shape index (κ2) is 7.71. The molecule has 2 amide bonds. The van der Waals surface area contributed by atoms with Gasteiger partial charge in [0, 0.05) is 18.6 Å². The smallest absolute Gasteiger partial charge is 0.318 e. The van der Waals surface area contributed by atoms with E-state index in [2.05, 4.69) is 54.6 Å². The first-order chi connectivity index (χ1) is 14.0. The molecule has 0 bridgehead atoms. The van der Waals surface area contributed by atoms with Gasteiger partial charge in [-0.3, -0.25) is 4.90 Å². The molecule has 1 saturated heterocycles. The number of carbonyl (C=O) groups excluding carboxylic acids is 1. The fourth-order valence-corrected chi connectivity index (χ4v) is 5.19. The van der Waals surface area contributed by atoms with Crippen molar-refractivity contribution in [3.63, 3.8) is 0 Å². The van der Waals surface area contributed by atoms with Crippen molar-refractivity contribution in [1.29, 1.82) is 0 Å². The monoisotopic (exact) mass is 393 g/mol. The van der Waals surface area contributed by atoms with Gasteiger partial charge in [-0.1, -0.05) is 42.5 Å². The molecular formula is C24H31N3O2. The Morgan fingerprint density at radius 1 is 1.07 bits per heavy atom. The van der Waals surface area contributed by atoms with E-state index in [-0.39, 0.29) is 17.1 Å². The molecule has 2 aliphatic rings. The van der Waals surface area contributed by atoms with Crippen LogP contribution >= 0.6 is 0 Å². The molecule has 2 aromatic carbocycles. The minimum atomic E-state index is -0.179. The van der Waals surface area contributed by atoms with Crippen molar-refractivity contribution >= 4 is 6.03 Å². The van der Waals surface area contributed by atoms with Gasteiger partial charge in [-0.25, -0.2) is 4.79 Å². The number of amides is 2. The second-order valence-corrected chi connectivity index (χ2v) is 8.74. The van der Waals surface area contributed by atoms with E-state index < -0.39 is 0 Å². The number of hydrogen-bond donors (Lipinski definition) is 1. The van der Waals surface area contributed by atoms with Crippen LogP contribution in [-0.2, 0) is 12.1 Å². The average Bonchev–Trinajstić information content (AvgIpc) is 3.03. The van der Waals surface area contributed by atoms with Gasteiger partial charge in [-0.15, -0.1) is 0 Å². The second-order valence-electron chi connectivity index (χ2n) is 8.74.